The lowest BCUT2D eigenvalue weighted by Crippen LogP contribution is -2.29. The molecule has 0 unspecified atom stereocenters. The second-order valence-corrected chi connectivity index (χ2v) is 10.3. The molecule has 0 aromatic heterocycles. The molecule has 0 aliphatic carbocycles. The van der Waals surface area contributed by atoms with Crippen molar-refractivity contribution in [3.05, 3.63) is 30.3 Å². The van der Waals surface area contributed by atoms with Crippen molar-refractivity contribution in [3.8, 4) is 0 Å². The molecule has 62 valence electrons. The molecule has 0 atom stereocenters. The highest BCUT2D eigenvalue weighted by atomic mass is 35.8. The predicted octanol–water partition coefficient (Wildman–Crippen LogP) is 1.10. The van der Waals surface area contributed by atoms with E-state index < -0.39 is 6.00 Å². The topological polar surface area (TPSA) is 0 Å². The van der Waals surface area contributed by atoms with Gasteiger partial charge in [-0.1, -0.05) is 30.3 Å². The van der Waals surface area contributed by atoms with Crippen molar-refractivity contribution in [2.45, 2.75) is 0 Å². The Morgan fingerprint density at radius 2 is 1.36 bits per heavy atom. The molecule has 1 rings (SSSR count). The van der Waals surface area contributed by atoms with Crippen molar-refractivity contribution in [1.29, 1.82) is 0 Å². The van der Waals surface area contributed by atoms with Crippen LogP contribution in [0.15, 0.2) is 30.3 Å². The highest BCUT2D eigenvalue weighted by Gasteiger charge is 2.26. The third-order valence-electron chi connectivity index (χ3n) is 1.10. The van der Waals surface area contributed by atoms with Crippen molar-refractivity contribution in [1.82, 2.24) is 0 Å². The van der Waals surface area contributed by atoms with Crippen LogP contribution in [0, 0.1) is 0 Å². The summed E-state index contributed by atoms with van der Waals surface area (Å²) in [5.41, 5.74) is 0. The van der Waals surface area contributed by atoms with Crippen LogP contribution in [0.2, 0.25) is 0 Å². The molecule has 0 amide bonds. The average Bonchev–Trinajstić information content (AvgIpc) is 1.88. The minimum Gasteiger partial charge on any atom is -0.121 e. The SMILES string of the molecule is Cl[Si](Cl)(Cl)c1ccccc1.[SiH4]. The van der Waals surface area contributed by atoms with Gasteiger partial charge in [0, 0.05) is 0 Å². The summed E-state index contributed by atoms with van der Waals surface area (Å²) in [4.78, 5) is 0. The molecule has 1 aromatic rings. The van der Waals surface area contributed by atoms with Crippen LogP contribution in [0.25, 0.3) is 0 Å². The van der Waals surface area contributed by atoms with E-state index in [4.69, 9.17) is 33.2 Å². The molecular weight excluding hydrogens is 235 g/mol. The van der Waals surface area contributed by atoms with E-state index in [0.717, 1.165) is 5.19 Å². The molecule has 1 aromatic carbocycles. The third kappa shape index (κ3) is 3.62. The molecule has 0 heterocycles. The van der Waals surface area contributed by atoms with Crippen LogP contribution in [0.1, 0.15) is 0 Å². The fourth-order valence-electron chi connectivity index (χ4n) is 0.627. The lowest BCUT2D eigenvalue weighted by Gasteiger charge is -2.05. The number of rotatable bonds is 1. The van der Waals surface area contributed by atoms with Gasteiger partial charge in [-0.05, 0) is 16.2 Å². The summed E-state index contributed by atoms with van der Waals surface area (Å²) in [5.74, 6) is 0. The van der Waals surface area contributed by atoms with Crippen LogP contribution in [0.5, 0.6) is 0 Å². The summed E-state index contributed by atoms with van der Waals surface area (Å²) in [5, 5.41) is 0.833. The minimum absolute atomic E-state index is 0. The average molecular weight is 244 g/mol. The van der Waals surface area contributed by atoms with Crippen molar-refractivity contribution in [2.75, 3.05) is 0 Å². The summed E-state index contributed by atoms with van der Waals surface area (Å²) in [6, 6.07) is 6.68. The fourth-order valence-corrected chi connectivity index (χ4v) is 2.33. The van der Waals surface area contributed by atoms with E-state index in [0.29, 0.717) is 0 Å². The van der Waals surface area contributed by atoms with Crippen molar-refractivity contribution >= 4 is 55.4 Å². The quantitative estimate of drug-likeness (QED) is 0.512. The highest BCUT2D eigenvalue weighted by Crippen LogP contribution is 2.18. The largest absolute Gasteiger partial charge is 0.372 e. The predicted molar refractivity (Wildman–Crippen MR) is 60.7 cm³/mol. The second kappa shape index (κ2) is 4.53. The molecule has 0 N–H and O–H groups in total. The first-order valence-corrected chi connectivity index (χ1v) is 7.76. The van der Waals surface area contributed by atoms with Crippen molar-refractivity contribution < 1.29 is 0 Å². The number of hydrogen-bond donors (Lipinski definition) is 0. The van der Waals surface area contributed by atoms with E-state index in [-0.39, 0.29) is 11.0 Å². The van der Waals surface area contributed by atoms with Crippen LogP contribution in [-0.2, 0) is 0 Å². The van der Waals surface area contributed by atoms with Gasteiger partial charge in [-0.2, -0.15) is 0 Å². The van der Waals surface area contributed by atoms with Gasteiger partial charge in [0.25, 0.3) is 0 Å². The monoisotopic (exact) mass is 242 g/mol. The molecule has 5 heteroatoms. The van der Waals surface area contributed by atoms with Gasteiger partial charge in [-0.15, -0.1) is 33.2 Å². The molecule has 0 bridgehead atoms. The van der Waals surface area contributed by atoms with Gasteiger partial charge < -0.3 is 0 Å². The summed E-state index contributed by atoms with van der Waals surface area (Å²) in [6.07, 6.45) is 0. The zero-order valence-electron chi connectivity index (χ0n) is 5.02. The van der Waals surface area contributed by atoms with Gasteiger partial charge in [0.2, 0.25) is 0 Å². The number of halogens is 3. The Bertz CT molecular complexity index is 207. The maximum Gasteiger partial charge on any atom is 0.372 e. The minimum atomic E-state index is -2.62. The van der Waals surface area contributed by atoms with Crippen molar-refractivity contribution in [2.24, 2.45) is 0 Å². The molecule has 0 spiro atoms. The molecule has 0 saturated heterocycles. The Hall–Kier alpha value is 0.524. The van der Waals surface area contributed by atoms with Gasteiger partial charge in [0.1, 0.15) is 0 Å². The van der Waals surface area contributed by atoms with Crippen LogP contribution in [-0.4, -0.2) is 17.0 Å². The zero-order chi connectivity index (χ0) is 7.61. The summed E-state index contributed by atoms with van der Waals surface area (Å²) in [7, 11) is 0. The summed E-state index contributed by atoms with van der Waals surface area (Å²) in [6.45, 7) is 0. The molecule has 11 heavy (non-hydrogen) atoms. The Morgan fingerprint density at radius 1 is 0.909 bits per heavy atom. The van der Waals surface area contributed by atoms with Gasteiger partial charge in [0.15, 0.2) is 0 Å². The van der Waals surface area contributed by atoms with E-state index >= 15 is 0 Å². The lowest BCUT2D eigenvalue weighted by atomic mass is 10.4. The summed E-state index contributed by atoms with van der Waals surface area (Å²) < 4.78 is 0. The maximum absolute atomic E-state index is 5.73. The number of benzene rings is 1. The van der Waals surface area contributed by atoms with E-state index in [2.05, 4.69) is 0 Å². The van der Waals surface area contributed by atoms with E-state index in [1.54, 1.807) is 0 Å². The van der Waals surface area contributed by atoms with Crippen molar-refractivity contribution in [3.63, 3.8) is 0 Å². The number of hydrogen-bond acceptors (Lipinski definition) is 0. The summed E-state index contributed by atoms with van der Waals surface area (Å²) >= 11 is 17.2. The second-order valence-electron chi connectivity index (χ2n) is 1.86. The standard InChI is InChI=1S/C6H5Cl3Si.H4Si/c7-10(8,9)6-4-2-1-3-5-6;/h1-5H;1H4. The lowest BCUT2D eigenvalue weighted by molar-refractivity contribution is 1.77. The van der Waals surface area contributed by atoms with Crippen LogP contribution < -0.4 is 5.19 Å². The van der Waals surface area contributed by atoms with E-state index in [1.165, 1.54) is 0 Å². The molecular formula is C6H9Cl3Si2. The smallest absolute Gasteiger partial charge is 0.121 e. The molecule has 0 aliphatic rings. The van der Waals surface area contributed by atoms with Gasteiger partial charge >= 0.3 is 6.00 Å². The van der Waals surface area contributed by atoms with Gasteiger partial charge in [0.05, 0.1) is 0 Å². The molecule has 0 radical (unpaired) electrons. The Labute approximate surface area is 85.6 Å². The molecule has 0 saturated carbocycles. The Kier molecular flexibility index (Phi) is 4.74. The molecule has 0 aliphatic heterocycles. The Morgan fingerprint density at radius 3 is 1.64 bits per heavy atom. The van der Waals surface area contributed by atoms with Crippen LogP contribution >= 0.6 is 33.2 Å². The van der Waals surface area contributed by atoms with E-state index in [9.17, 15) is 0 Å². The van der Waals surface area contributed by atoms with Gasteiger partial charge in [-0.3, -0.25) is 0 Å². The Balaban J connectivity index is 0.000001000. The normalized spacial score (nSPS) is 10.5. The van der Waals surface area contributed by atoms with Crippen LogP contribution in [0.3, 0.4) is 0 Å². The van der Waals surface area contributed by atoms with E-state index in [1.807, 2.05) is 30.3 Å². The first-order valence-electron chi connectivity index (χ1n) is 2.73. The van der Waals surface area contributed by atoms with Gasteiger partial charge in [-0.25, -0.2) is 0 Å². The maximum atomic E-state index is 5.73. The first kappa shape index (κ1) is 11.5. The zero-order valence-corrected chi connectivity index (χ0v) is 8.29. The first-order chi connectivity index (χ1) is 4.61. The molecule has 0 nitrogen and oxygen atoms in total. The van der Waals surface area contributed by atoms with Crippen LogP contribution in [0.4, 0.5) is 0 Å². The highest BCUT2D eigenvalue weighted by molar-refractivity contribution is 7.69. The molecule has 0 fully saturated rings. The fraction of sp³-hybridized carbons (Fsp3) is 0. The third-order valence-corrected chi connectivity index (χ3v) is 4.05.